The molecule has 3 rings (SSSR count). The molecule has 3 aromatic rings. The number of hydrogen-bond acceptors (Lipinski definition) is 6. The van der Waals surface area contributed by atoms with Gasteiger partial charge in [-0.15, -0.1) is 0 Å². The summed E-state index contributed by atoms with van der Waals surface area (Å²) in [5.74, 6) is 0.0484. The van der Waals surface area contributed by atoms with Crippen LogP contribution in [-0.2, 0) is 11.3 Å². The Balaban J connectivity index is 1.60. The highest BCUT2D eigenvalue weighted by molar-refractivity contribution is 6.30. The summed E-state index contributed by atoms with van der Waals surface area (Å²) in [6, 6.07) is 13.0. The minimum absolute atomic E-state index is 0.0518. The van der Waals surface area contributed by atoms with Gasteiger partial charge >= 0.3 is 6.61 Å². The van der Waals surface area contributed by atoms with E-state index in [-0.39, 0.29) is 42.0 Å². The molecule has 0 saturated heterocycles. The smallest absolute Gasteiger partial charge is 0.387 e. The highest BCUT2D eigenvalue weighted by Crippen LogP contribution is 2.28. The van der Waals surface area contributed by atoms with Crippen LogP contribution in [0.15, 0.2) is 53.1 Å². The van der Waals surface area contributed by atoms with Gasteiger partial charge in [0.25, 0.3) is 0 Å². The van der Waals surface area contributed by atoms with E-state index in [0.29, 0.717) is 10.7 Å². The van der Waals surface area contributed by atoms with Gasteiger partial charge in [-0.25, -0.2) is 0 Å². The molecule has 2 aromatic carbocycles. The van der Waals surface area contributed by atoms with E-state index in [9.17, 15) is 13.6 Å². The highest BCUT2D eigenvalue weighted by Gasteiger charge is 2.17. The lowest BCUT2D eigenvalue weighted by Gasteiger charge is -2.14. The second kappa shape index (κ2) is 9.44. The van der Waals surface area contributed by atoms with E-state index in [1.54, 1.807) is 54.4 Å². The number of carbonyl (C=O) groups excluding carboxylic acids is 1. The van der Waals surface area contributed by atoms with Crippen molar-refractivity contribution in [2.24, 2.45) is 0 Å². The van der Waals surface area contributed by atoms with E-state index in [4.69, 9.17) is 16.1 Å². The predicted octanol–water partition coefficient (Wildman–Crippen LogP) is 4.06. The molecule has 1 amide bonds. The number of anilines is 1. The molecule has 29 heavy (non-hydrogen) atoms. The Labute approximate surface area is 170 Å². The minimum atomic E-state index is -2.97. The zero-order valence-electron chi connectivity index (χ0n) is 15.3. The number of hydrogen-bond donors (Lipinski definition) is 1. The standard InChI is InChI=1S/C19H17ClF2N4O3/c1-26(10-16(27)23-13-6-4-5-12(20)9-13)11-17-24-18(25-29-17)14-7-2-3-8-15(14)28-19(21)22/h2-9,19H,10-11H2,1H3,(H,23,27). The van der Waals surface area contributed by atoms with Gasteiger partial charge < -0.3 is 14.6 Å². The summed E-state index contributed by atoms with van der Waals surface area (Å²) in [5, 5.41) is 7.07. The fraction of sp³-hybridized carbons (Fsp3) is 0.211. The van der Waals surface area contributed by atoms with E-state index >= 15 is 0 Å². The number of halogens is 3. The van der Waals surface area contributed by atoms with Gasteiger partial charge in [-0.1, -0.05) is 35.0 Å². The van der Waals surface area contributed by atoms with Gasteiger partial charge in [0.05, 0.1) is 18.7 Å². The quantitative estimate of drug-likeness (QED) is 0.589. The lowest BCUT2D eigenvalue weighted by Crippen LogP contribution is -2.29. The van der Waals surface area contributed by atoms with Crippen molar-refractivity contribution in [3.05, 3.63) is 59.4 Å². The van der Waals surface area contributed by atoms with Crippen molar-refractivity contribution < 1.29 is 22.8 Å². The number of rotatable bonds is 8. The number of ether oxygens (including phenoxy) is 1. The fourth-order valence-corrected chi connectivity index (χ4v) is 2.77. The number of nitrogens with one attached hydrogen (secondary N) is 1. The second-order valence-electron chi connectivity index (χ2n) is 6.12. The monoisotopic (exact) mass is 422 g/mol. The van der Waals surface area contributed by atoms with E-state index in [1.807, 2.05) is 0 Å². The molecular weight excluding hydrogens is 406 g/mol. The van der Waals surface area contributed by atoms with Crippen molar-refractivity contribution in [3.63, 3.8) is 0 Å². The molecule has 0 radical (unpaired) electrons. The normalized spacial score (nSPS) is 11.1. The topological polar surface area (TPSA) is 80.5 Å². The first-order valence-electron chi connectivity index (χ1n) is 8.51. The van der Waals surface area contributed by atoms with Crippen molar-refractivity contribution in [2.45, 2.75) is 13.2 Å². The number of amides is 1. The molecule has 7 nitrogen and oxygen atoms in total. The molecule has 0 aliphatic carbocycles. The van der Waals surface area contributed by atoms with Crippen LogP contribution in [-0.4, -0.2) is 41.2 Å². The Morgan fingerprint density at radius 2 is 2.07 bits per heavy atom. The van der Waals surface area contributed by atoms with Crippen molar-refractivity contribution >= 4 is 23.2 Å². The molecular formula is C19H17ClF2N4O3. The van der Waals surface area contributed by atoms with Crippen LogP contribution in [0.2, 0.25) is 5.02 Å². The van der Waals surface area contributed by atoms with E-state index in [1.165, 1.54) is 6.07 Å². The summed E-state index contributed by atoms with van der Waals surface area (Å²) in [4.78, 5) is 18.0. The van der Waals surface area contributed by atoms with Crippen LogP contribution in [0.3, 0.4) is 0 Å². The Bertz CT molecular complexity index is 983. The van der Waals surface area contributed by atoms with Gasteiger partial charge in [0, 0.05) is 10.7 Å². The number of para-hydroxylation sites is 1. The van der Waals surface area contributed by atoms with E-state index < -0.39 is 6.61 Å². The molecule has 0 aliphatic rings. The number of aromatic nitrogens is 2. The molecule has 1 heterocycles. The summed E-state index contributed by atoms with van der Waals surface area (Å²) >= 11 is 5.89. The van der Waals surface area contributed by atoms with Crippen LogP contribution in [0.25, 0.3) is 11.4 Å². The molecule has 0 bridgehead atoms. The largest absolute Gasteiger partial charge is 0.434 e. The minimum Gasteiger partial charge on any atom is -0.434 e. The van der Waals surface area contributed by atoms with Crippen molar-refractivity contribution in [2.75, 3.05) is 18.9 Å². The maximum atomic E-state index is 12.6. The fourth-order valence-electron chi connectivity index (χ4n) is 2.58. The van der Waals surface area contributed by atoms with Gasteiger partial charge in [0.1, 0.15) is 5.75 Å². The average molecular weight is 423 g/mol. The van der Waals surface area contributed by atoms with Crippen molar-refractivity contribution in [3.8, 4) is 17.1 Å². The number of alkyl halides is 2. The van der Waals surface area contributed by atoms with Crippen LogP contribution < -0.4 is 10.1 Å². The molecule has 1 N–H and O–H groups in total. The average Bonchev–Trinajstić information content (AvgIpc) is 3.09. The molecule has 0 atom stereocenters. The highest BCUT2D eigenvalue weighted by atomic mass is 35.5. The van der Waals surface area contributed by atoms with Gasteiger partial charge in [0.15, 0.2) is 0 Å². The number of nitrogens with zero attached hydrogens (tertiary/aromatic N) is 3. The van der Waals surface area contributed by atoms with Crippen LogP contribution in [0.4, 0.5) is 14.5 Å². The Morgan fingerprint density at radius 1 is 1.28 bits per heavy atom. The van der Waals surface area contributed by atoms with Crippen molar-refractivity contribution in [1.82, 2.24) is 15.0 Å². The lowest BCUT2D eigenvalue weighted by molar-refractivity contribution is -0.117. The number of carbonyl (C=O) groups is 1. The maximum absolute atomic E-state index is 12.6. The first kappa shape index (κ1) is 20.7. The first-order chi connectivity index (χ1) is 13.9. The van der Waals surface area contributed by atoms with E-state index in [0.717, 1.165) is 0 Å². The van der Waals surface area contributed by atoms with Gasteiger partial charge in [-0.3, -0.25) is 9.69 Å². The molecule has 0 aliphatic heterocycles. The van der Waals surface area contributed by atoms with Crippen LogP contribution >= 0.6 is 11.6 Å². The molecule has 10 heteroatoms. The van der Waals surface area contributed by atoms with Crippen LogP contribution in [0, 0.1) is 0 Å². The molecule has 152 valence electrons. The number of benzene rings is 2. The molecule has 0 fully saturated rings. The van der Waals surface area contributed by atoms with E-state index in [2.05, 4.69) is 20.2 Å². The molecule has 0 spiro atoms. The Kier molecular flexibility index (Phi) is 6.73. The van der Waals surface area contributed by atoms with Gasteiger partial charge in [0.2, 0.25) is 17.6 Å². The molecule has 0 unspecified atom stereocenters. The molecule has 1 aromatic heterocycles. The third-order valence-electron chi connectivity index (χ3n) is 3.74. The Hall–Kier alpha value is -3.04. The second-order valence-corrected chi connectivity index (χ2v) is 6.55. The van der Waals surface area contributed by atoms with Gasteiger partial charge in [-0.05, 0) is 37.4 Å². The first-order valence-corrected chi connectivity index (χ1v) is 8.89. The SMILES string of the molecule is CN(CC(=O)Nc1cccc(Cl)c1)Cc1nc(-c2ccccc2OC(F)F)no1. The van der Waals surface area contributed by atoms with Gasteiger partial charge in [-0.2, -0.15) is 13.8 Å². The summed E-state index contributed by atoms with van der Waals surface area (Å²) < 4.78 is 34.8. The maximum Gasteiger partial charge on any atom is 0.387 e. The Morgan fingerprint density at radius 3 is 2.83 bits per heavy atom. The summed E-state index contributed by atoms with van der Waals surface area (Å²) in [6.45, 7) is -2.71. The summed E-state index contributed by atoms with van der Waals surface area (Å²) in [7, 11) is 1.70. The lowest BCUT2D eigenvalue weighted by atomic mass is 10.2. The summed E-state index contributed by atoms with van der Waals surface area (Å²) in [6.07, 6.45) is 0. The van der Waals surface area contributed by atoms with Crippen LogP contribution in [0.5, 0.6) is 5.75 Å². The molecule has 0 saturated carbocycles. The third-order valence-corrected chi connectivity index (χ3v) is 3.97. The van der Waals surface area contributed by atoms with Crippen molar-refractivity contribution in [1.29, 1.82) is 0 Å². The third kappa shape index (κ3) is 5.97. The predicted molar refractivity (Wildman–Crippen MR) is 103 cm³/mol. The zero-order chi connectivity index (χ0) is 20.8. The number of likely N-dealkylation sites (N-methyl/N-ethyl adjacent to an activating group) is 1. The van der Waals surface area contributed by atoms with Crippen LogP contribution in [0.1, 0.15) is 5.89 Å². The zero-order valence-corrected chi connectivity index (χ0v) is 16.1. The summed E-state index contributed by atoms with van der Waals surface area (Å²) in [5.41, 5.74) is 0.871.